The van der Waals surface area contributed by atoms with Gasteiger partial charge in [0.2, 0.25) is 0 Å². The number of aromatic nitrogens is 1. The van der Waals surface area contributed by atoms with E-state index in [1.54, 1.807) is 6.20 Å². The van der Waals surface area contributed by atoms with Crippen LogP contribution in [0.25, 0.3) is 0 Å². The first-order chi connectivity index (χ1) is 7.97. The van der Waals surface area contributed by atoms with Crippen molar-refractivity contribution in [3.63, 3.8) is 0 Å². The standard InChI is InChI=1S/C13H16N2OS/c1-13(2,3)9-6-4-5-7-10(9)16-12-15-8-11(14)17-12/h4-8H,14H2,1-3H3. The van der Waals surface area contributed by atoms with Gasteiger partial charge in [-0.3, -0.25) is 0 Å². The predicted octanol–water partition coefficient (Wildman–Crippen LogP) is 3.82. The molecule has 4 heteroatoms. The first-order valence-electron chi connectivity index (χ1n) is 5.45. The molecule has 2 N–H and O–H groups in total. The van der Waals surface area contributed by atoms with Crippen molar-refractivity contribution in [2.45, 2.75) is 26.2 Å². The number of thiazole rings is 1. The van der Waals surface area contributed by atoms with Gasteiger partial charge in [0.05, 0.1) is 6.20 Å². The summed E-state index contributed by atoms with van der Waals surface area (Å²) in [5.41, 5.74) is 6.83. The molecule has 90 valence electrons. The Morgan fingerprint density at radius 2 is 1.94 bits per heavy atom. The molecule has 0 bridgehead atoms. The molecule has 1 aromatic heterocycles. The molecule has 0 saturated heterocycles. The van der Waals surface area contributed by atoms with E-state index in [2.05, 4.69) is 31.8 Å². The Morgan fingerprint density at radius 1 is 1.24 bits per heavy atom. The molecule has 0 aliphatic rings. The minimum atomic E-state index is 0.0411. The number of rotatable bonds is 2. The van der Waals surface area contributed by atoms with Gasteiger partial charge < -0.3 is 10.5 Å². The second-order valence-electron chi connectivity index (χ2n) is 4.88. The van der Waals surface area contributed by atoms with Crippen molar-refractivity contribution in [2.24, 2.45) is 0 Å². The highest BCUT2D eigenvalue weighted by Crippen LogP contribution is 2.35. The quantitative estimate of drug-likeness (QED) is 0.879. The number of anilines is 1. The van der Waals surface area contributed by atoms with Crippen LogP contribution in [0.15, 0.2) is 30.5 Å². The Morgan fingerprint density at radius 3 is 2.53 bits per heavy atom. The molecule has 2 rings (SSSR count). The normalized spacial score (nSPS) is 11.5. The number of hydrogen-bond acceptors (Lipinski definition) is 4. The summed E-state index contributed by atoms with van der Waals surface area (Å²) in [4.78, 5) is 4.11. The van der Waals surface area contributed by atoms with Gasteiger partial charge in [-0.1, -0.05) is 50.3 Å². The lowest BCUT2D eigenvalue weighted by atomic mass is 9.86. The van der Waals surface area contributed by atoms with Gasteiger partial charge in [0.15, 0.2) is 0 Å². The molecule has 0 aliphatic carbocycles. The SMILES string of the molecule is CC(C)(C)c1ccccc1Oc1ncc(N)s1. The molecule has 0 fully saturated rings. The highest BCUT2D eigenvalue weighted by Gasteiger charge is 2.19. The van der Waals surface area contributed by atoms with Crippen LogP contribution in [0, 0.1) is 0 Å². The highest BCUT2D eigenvalue weighted by atomic mass is 32.1. The molecule has 0 atom stereocenters. The number of nitrogens with zero attached hydrogens (tertiary/aromatic N) is 1. The molecule has 0 amide bonds. The summed E-state index contributed by atoms with van der Waals surface area (Å²) in [5, 5.41) is 1.24. The Labute approximate surface area is 105 Å². The van der Waals surface area contributed by atoms with Crippen LogP contribution in [0.3, 0.4) is 0 Å². The van der Waals surface area contributed by atoms with E-state index in [9.17, 15) is 0 Å². The fraction of sp³-hybridized carbons (Fsp3) is 0.308. The zero-order chi connectivity index (χ0) is 12.5. The Balaban J connectivity index is 2.33. The number of nitrogens with two attached hydrogens (primary N) is 1. The molecule has 0 spiro atoms. The third kappa shape index (κ3) is 2.77. The minimum absolute atomic E-state index is 0.0411. The number of para-hydroxylation sites is 1. The van der Waals surface area contributed by atoms with Crippen molar-refractivity contribution in [2.75, 3.05) is 5.73 Å². The van der Waals surface area contributed by atoms with Gasteiger partial charge in [0.1, 0.15) is 10.8 Å². The van der Waals surface area contributed by atoms with Crippen LogP contribution in [0.5, 0.6) is 10.9 Å². The third-order valence-corrected chi connectivity index (χ3v) is 3.10. The topological polar surface area (TPSA) is 48.1 Å². The molecule has 0 radical (unpaired) electrons. The average molecular weight is 248 g/mol. The van der Waals surface area contributed by atoms with Gasteiger partial charge in [-0.15, -0.1) is 0 Å². The van der Waals surface area contributed by atoms with Gasteiger partial charge in [-0.05, 0) is 11.5 Å². The van der Waals surface area contributed by atoms with E-state index in [0.29, 0.717) is 10.2 Å². The van der Waals surface area contributed by atoms with Gasteiger partial charge in [0, 0.05) is 5.56 Å². The van der Waals surface area contributed by atoms with Crippen molar-refractivity contribution in [3.8, 4) is 10.9 Å². The Bertz CT molecular complexity index is 514. The van der Waals surface area contributed by atoms with E-state index < -0.39 is 0 Å². The van der Waals surface area contributed by atoms with Crippen molar-refractivity contribution in [1.82, 2.24) is 4.98 Å². The largest absolute Gasteiger partial charge is 0.431 e. The molecule has 1 aromatic carbocycles. The summed E-state index contributed by atoms with van der Waals surface area (Å²) >= 11 is 1.35. The monoisotopic (exact) mass is 248 g/mol. The van der Waals surface area contributed by atoms with Gasteiger partial charge in [0.25, 0.3) is 5.19 Å². The van der Waals surface area contributed by atoms with Gasteiger partial charge in [-0.2, -0.15) is 0 Å². The summed E-state index contributed by atoms with van der Waals surface area (Å²) in [6, 6.07) is 8.01. The van der Waals surface area contributed by atoms with Crippen LogP contribution >= 0.6 is 11.3 Å². The number of nitrogen functional groups attached to an aromatic ring is 1. The second kappa shape index (κ2) is 4.37. The van der Waals surface area contributed by atoms with E-state index in [0.717, 1.165) is 11.3 Å². The number of ether oxygens (including phenoxy) is 1. The molecule has 3 nitrogen and oxygen atoms in total. The third-order valence-electron chi connectivity index (χ3n) is 2.39. The maximum atomic E-state index is 5.78. The van der Waals surface area contributed by atoms with Crippen molar-refractivity contribution < 1.29 is 4.74 Å². The zero-order valence-electron chi connectivity index (χ0n) is 10.2. The van der Waals surface area contributed by atoms with E-state index in [1.807, 2.05) is 18.2 Å². The number of hydrogen-bond donors (Lipinski definition) is 1. The van der Waals surface area contributed by atoms with E-state index in [1.165, 1.54) is 11.3 Å². The zero-order valence-corrected chi connectivity index (χ0v) is 11.0. The summed E-state index contributed by atoms with van der Waals surface area (Å²) in [6.07, 6.45) is 1.61. The summed E-state index contributed by atoms with van der Waals surface area (Å²) in [7, 11) is 0. The molecule has 0 aliphatic heterocycles. The molecular formula is C13H16N2OS. The fourth-order valence-corrected chi connectivity index (χ4v) is 2.13. The van der Waals surface area contributed by atoms with Crippen LogP contribution in [-0.2, 0) is 5.41 Å². The molecule has 0 unspecified atom stereocenters. The van der Waals surface area contributed by atoms with Crippen molar-refractivity contribution >= 4 is 16.3 Å². The highest BCUT2D eigenvalue weighted by molar-refractivity contribution is 7.17. The van der Waals surface area contributed by atoms with E-state index >= 15 is 0 Å². The first kappa shape index (κ1) is 11.9. The van der Waals surface area contributed by atoms with E-state index in [-0.39, 0.29) is 5.41 Å². The van der Waals surface area contributed by atoms with Gasteiger partial charge in [-0.25, -0.2) is 4.98 Å². The van der Waals surface area contributed by atoms with Gasteiger partial charge >= 0.3 is 0 Å². The van der Waals surface area contributed by atoms with E-state index in [4.69, 9.17) is 10.5 Å². The molecule has 2 aromatic rings. The summed E-state index contributed by atoms with van der Waals surface area (Å²) in [5.74, 6) is 0.842. The van der Waals surface area contributed by atoms with Crippen LogP contribution in [-0.4, -0.2) is 4.98 Å². The maximum absolute atomic E-state index is 5.78. The number of benzene rings is 1. The fourth-order valence-electron chi connectivity index (χ4n) is 1.59. The summed E-state index contributed by atoms with van der Waals surface area (Å²) < 4.78 is 5.78. The molecule has 0 saturated carbocycles. The van der Waals surface area contributed by atoms with Crippen LogP contribution < -0.4 is 10.5 Å². The Kier molecular flexibility index (Phi) is 3.07. The summed E-state index contributed by atoms with van der Waals surface area (Å²) in [6.45, 7) is 6.47. The lowest BCUT2D eigenvalue weighted by Gasteiger charge is -2.21. The average Bonchev–Trinajstić information content (AvgIpc) is 2.63. The van der Waals surface area contributed by atoms with Crippen molar-refractivity contribution in [3.05, 3.63) is 36.0 Å². The van der Waals surface area contributed by atoms with Crippen LogP contribution in [0.4, 0.5) is 5.00 Å². The first-order valence-corrected chi connectivity index (χ1v) is 6.27. The minimum Gasteiger partial charge on any atom is -0.431 e. The smallest absolute Gasteiger partial charge is 0.280 e. The lowest BCUT2D eigenvalue weighted by Crippen LogP contribution is -2.12. The molecule has 1 heterocycles. The molecular weight excluding hydrogens is 232 g/mol. The van der Waals surface area contributed by atoms with Crippen LogP contribution in [0.2, 0.25) is 0 Å². The second-order valence-corrected chi connectivity index (χ2v) is 5.90. The van der Waals surface area contributed by atoms with Crippen molar-refractivity contribution in [1.29, 1.82) is 0 Å². The lowest BCUT2D eigenvalue weighted by molar-refractivity contribution is 0.452. The van der Waals surface area contributed by atoms with Crippen LogP contribution in [0.1, 0.15) is 26.3 Å². The Hall–Kier alpha value is -1.55. The maximum Gasteiger partial charge on any atom is 0.280 e. The predicted molar refractivity (Wildman–Crippen MR) is 71.7 cm³/mol. The molecule has 17 heavy (non-hydrogen) atoms.